The number of hydrogen-bond acceptors (Lipinski definition) is 3. The van der Waals surface area contributed by atoms with Crippen LogP contribution in [0, 0.1) is 11.3 Å². The lowest BCUT2D eigenvalue weighted by molar-refractivity contribution is -0.132. The molecule has 0 saturated carbocycles. The predicted octanol–water partition coefficient (Wildman–Crippen LogP) is 2.42. The summed E-state index contributed by atoms with van der Waals surface area (Å²) >= 11 is 0. The second-order valence-electron chi connectivity index (χ2n) is 3.93. The summed E-state index contributed by atoms with van der Waals surface area (Å²) in [5, 5.41) is 17.6. The molecular formula is C14H16N2O2. The van der Waals surface area contributed by atoms with Gasteiger partial charge in [0.25, 0.3) is 0 Å². The first-order chi connectivity index (χ1) is 8.58. The Morgan fingerprint density at radius 1 is 1.44 bits per heavy atom. The molecule has 0 bridgehead atoms. The fraction of sp³-hybridized carbons (Fsp3) is 0.286. The Kier molecular flexibility index (Phi) is 4.94. The van der Waals surface area contributed by atoms with E-state index in [0.717, 1.165) is 5.69 Å². The van der Waals surface area contributed by atoms with Crippen LogP contribution in [0.1, 0.15) is 18.9 Å². The van der Waals surface area contributed by atoms with Gasteiger partial charge in [0.2, 0.25) is 0 Å². The summed E-state index contributed by atoms with van der Waals surface area (Å²) in [7, 11) is 1.88. The van der Waals surface area contributed by atoms with Gasteiger partial charge < -0.3 is 10.0 Å². The number of carboxylic acids is 1. The highest BCUT2D eigenvalue weighted by atomic mass is 16.4. The Balaban J connectivity index is 2.73. The third kappa shape index (κ3) is 3.63. The van der Waals surface area contributed by atoms with Crippen LogP contribution in [0.3, 0.4) is 0 Å². The molecule has 1 N–H and O–H groups in total. The minimum Gasteiger partial charge on any atom is -0.478 e. The van der Waals surface area contributed by atoms with Crippen molar-refractivity contribution in [1.29, 1.82) is 5.26 Å². The Bertz CT molecular complexity index is 484. The third-order valence-electron chi connectivity index (χ3n) is 2.70. The van der Waals surface area contributed by atoms with Gasteiger partial charge in [-0.25, -0.2) is 4.79 Å². The number of hydrogen-bond donors (Lipinski definition) is 1. The quantitative estimate of drug-likeness (QED) is 0.808. The van der Waals surface area contributed by atoms with Crippen LogP contribution in [0.5, 0.6) is 0 Å². The maximum absolute atomic E-state index is 10.8. The number of likely N-dealkylation sites (N-methyl/N-ethyl adjacent to an activating group) is 1. The molecule has 0 fully saturated rings. The highest BCUT2D eigenvalue weighted by molar-refractivity contribution is 5.86. The van der Waals surface area contributed by atoms with E-state index in [9.17, 15) is 4.79 Å². The van der Waals surface area contributed by atoms with Crippen LogP contribution in [-0.4, -0.2) is 24.7 Å². The molecule has 4 heteroatoms. The van der Waals surface area contributed by atoms with Gasteiger partial charge in [0.15, 0.2) is 0 Å². The molecule has 0 amide bonds. The molecule has 1 aromatic rings. The molecule has 0 aliphatic carbocycles. The Hall–Kier alpha value is -2.28. The summed E-state index contributed by atoms with van der Waals surface area (Å²) in [6.07, 6.45) is 2.22. The molecule has 0 spiro atoms. The molecule has 18 heavy (non-hydrogen) atoms. The van der Waals surface area contributed by atoms with Crippen molar-refractivity contribution >= 4 is 11.7 Å². The monoisotopic (exact) mass is 244 g/mol. The van der Waals surface area contributed by atoms with Crippen LogP contribution in [0.25, 0.3) is 0 Å². The van der Waals surface area contributed by atoms with Crippen LogP contribution in [0.15, 0.2) is 35.9 Å². The van der Waals surface area contributed by atoms with Crippen LogP contribution in [-0.2, 0) is 4.79 Å². The van der Waals surface area contributed by atoms with Crippen molar-refractivity contribution in [2.75, 3.05) is 18.5 Å². The number of aliphatic carboxylic acids is 1. The van der Waals surface area contributed by atoms with Crippen molar-refractivity contribution in [3.05, 3.63) is 41.5 Å². The van der Waals surface area contributed by atoms with E-state index in [1.807, 2.05) is 31.0 Å². The highest BCUT2D eigenvalue weighted by Gasteiger charge is 2.05. The smallest absolute Gasteiger partial charge is 0.331 e. The standard InChI is InChI=1S/C14H16N2O2/c1-3-12(14(17)18)8-9-16(2)13-6-4-11(10-15)5-7-13/h4-8H,3,9H2,1-2H3,(H,17,18). The van der Waals surface area contributed by atoms with Crippen LogP contribution in [0.4, 0.5) is 5.69 Å². The molecule has 0 aromatic heterocycles. The molecule has 1 rings (SSSR count). The van der Waals surface area contributed by atoms with Crippen molar-refractivity contribution in [3.63, 3.8) is 0 Å². The van der Waals surface area contributed by atoms with E-state index < -0.39 is 5.97 Å². The van der Waals surface area contributed by atoms with Crippen molar-refractivity contribution in [3.8, 4) is 6.07 Å². The third-order valence-corrected chi connectivity index (χ3v) is 2.70. The normalized spacial score (nSPS) is 10.8. The molecule has 0 heterocycles. The summed E-state index contributed by atoms with van der Waals surface area (Å²) in [5.41, 5.74) is 1.98. The molecule has 4 nitrogen and oxygen atoms in total. The first-order valence-corrected chi connectivity index (χ1v) is 5.72. The maximum Gasteiger partial charge on any atom is 0.331 e. The van der Waals surface area contributed by atoms with Gasteiger partial charge in [0.05, 0.1) is 11.6 Å². The average molecular weight is 244 g/mol. The van der Waals surface area contributed by atoms with E-state index in [1.165, 1.54) is 0 Å². The number of anilines is 1. The first kappa shape index (κ1) is 13.8. The molecule has 94 valence electrons. The van der Waals surface area contributed by atoms with E-state index in [4.69, 9.17) is 10.4 Å². The van der Waals surface area contributed by atoms with Crippen molar-refractivity contribution in [2.24, 2.45) is 0 Å². The second-order valence-corrected chi connectivity index (χ2v) is 3.93. The predicted molar refractivity (Wildman–Crippen MR) is 70.4 cm³/mol. The molecule has 1 aromatic carbocycles. The minimum atomic E-state index is -0.870. The Morgan fingerprint density at radius 3 is 2.50 bits per heavy atom. The molecule has 0 aliphatic rings. The zero-order valence-corrected chi connectivity index (χ0v) is 10.6. The molecule has 0 unspecified atom stereocenters. The SMILES string of the molecule is CCC(=CCN(C)c1ccc(C#N)cc1)C(=O)O. The molecule has 0 radical (unpaired) electrons. The van der Waals surface area contributed by atoms with Crippen LogP contribution < -0.4 is 4.90 Å². The maximum atomic E-state index is 10.8. The number of benzene rings is 1. The molecule has 0 atom stereocenters. The topological polar surface area (TPSA) is 64.3 Å². The van der Waals surface area contributed by atoms with E-state index >= 15 is 0 Å². The summed E-state index contributed by atoms with van der Waals surface area (Å²) < 4.78 is 0. The van der Waals surface area contributed by atoms with Crippen molar-refractivity contribution in [1.82, 2.24) is 0 Å². The van der Waals surface area contributed by atoms with Gasteiger partial charge >= 0.3 is 5.97 Å². The molecule has 0 aliphatic heterocycles. The Morgan fingerprint density at radius 2 is 2.06 bits per heavy atom. The number of nitriles is 1. The zero-order valence-electron chi connectivity index (χ0n) is 10.6. The minimum absolute atomic E-state index is 0.412. The van der Waals surface area contributed by atoms with Gasteiger partial charge in [-0.05, 0) is 30.7 Å². The van der Waals surface area contributed by atoms with Crippen molar-refractivity contribution < 1.29 is 9.90 Å². The van der Waals surface area contributed by atoms with Gasteiger partial charge in [-0.1, -0.05) is 13.0 Å². The number of rotatable bonds is 5. The average Bonchev–Trinajstić information content (AvgIpc) is 2.39. The van der Waals surface area contributed by atoms with Crippen molar-refractivity contribution in [2.45, 2.75) is 13.3 Å². The number of nitrogens with zero attached hydrogens (tertiary/aromatic N) is 2. The highest BCUT2D eigenvalue weighted by Crippen LogP contribution is 2.13. The van der Waals surface area contributed by atoms with Gasteiger partial charge in [0, 0.05) is 24.9 Å². The van der Waals surface area contributed by atoms with E-state index in [-0.39, 0.29) is 0 Å². The zero-order chi connectivity index (χ0) is 13.5. The Labute approximate surface area is 107 Å². The largest absolute Gasteiger partial charge is 0.478 e. The lowest BCUT2D eigenvalue weighted by Crippen LogP contribution is -2.17. The van der Waals surface area contributed by atoms with E-state index in [2.05, 4.69) is 6.07 Å². The van der Waals surface area contributed by atoms with Crippen LogP contribution in [0.2, 0.25) is 0 Å². The number of carboxylic acid groups (broad SMARTS) is 1. The second kappa shape index (κ2) is 6.45. The summed E-state index contributed by atoms with van der Waals surface area (Å²) in [6, 6.07) is 9.24. The van der Waals surface area contributed by atoms with Crippen LogP contribution >= 0.6 is 0 Å². The van der Waals surface area contributed by atoms with E-state index in [1.54, 1.807) is 18.2 Å². The van der Waals surface area contributed by atoms with Gasteiger partial charge in [-0.2, -0.15) is 5.26 Å². The summed E-state index contributed by atoms with van der Waals surface area (Å²) in [5.74, 6) is -0.870. The lowest BCUT2D eigenvalue weighted by atomic mass is 10.2. The summed E-state index contributed by atoms with van der Waals surface area (Å²) in [6.45, 7) is 2.35. The summed E-state index contributed by atoms with van der Waals surface area (Å²) in [4.78, 5) is 12.8. The fourth-order valence-electron chi connectivity index (χ4n) is 1.53. The lowest BCUT2D eigenvalue weighted by Gasteiger charge is -2.17. The number of carbonyl (C=O) groups is 1. The van der Waals surface area contributed by atoms with Gasteiger partial charge in [-0.3, -0.25) is 0 Å². The molecule has 0 saturated heterocycles. The molecular weight excluding hydrogens is 228 g/mol. The first-order valence-electron chi connectivity index (χ1n) is 5.72. The van der Waals surface area contributed by atoms with Gasteiger partial charge in [-0.15, -0.1) is 0 Å². The van der Waals surface area contributed by atoms with E-state index in [0.29, 0.717) is 24.1 Å². The fourth-order valence-corrected chi connectivity index (χ4v) is 1.53. The van der Waals surface area contributed by atoms with Gasteiger partial charge in [0.1, 0.15) is 0 Å².